The largest absolute Gasteiger partial charge is 0.494 e. The van der Waals surface area contributed by atoms with Crippen molar-refractivity contribution in [2.75, 3.05) is 13.2 Å². The van der Waals surface area contributed by atoms with Crippen LogP contribution in [0.1, 0.15) is 24.8 Å². The lowest BCUT2D eigenvalue weighted by Crippen LogP contribution is -2.34. The number of hydrazone groups is 1. The van der Waals surface area contributed by atoms with Crippen molar-refractivity contribution in [1.82, 2.24) is 5.43 Å². The first-order valence-corrected chi connectivity index (χ1v) is 6.48. The molecule has 5 nitrogen and oxygen atoms in total. The van der Waals surface area contributed by atoms with Crippen molar-refractivity contribution in [3.8, 4) is 5.75 Å². The Morgan fingerprint density at radius 3 is 2.74 bits per heavy atom. The summed E-state index contributed by atoms with van der Waals surface area (Å²) < 4.78 is 5.54. The van der Waals surface area contributed by atoms with Gasteiger partial charge >= 0.3 is 0 Å². The zero-order valence-electron chi connectivity index (χ0n) is 11.0. The third-order valence-electron chi connectivity index (χ3n) is 3.15. The van der Waals surface area contributed by atoms with E-state index in [1.165, 1.54) is 0 Å². The van der Waals surface area contributed by atoms with E-state index in [0.29, 0.717) is 13.2 Å². The first kappa shape index (κ1) is 13.5. The Morgan fingerprint density at radius 1 is 1.37 bits per heavy atom. The number of benzene rings is 1. The number of nitrogens with zero attached hydrogens (tertiary/aromatic N) is 1. The predicted octanol–water partition coefficient (Wildman–Crippen LogP) is 1.25. The summed E-state index contributed by atoms with van der Waals surface area (Å²) in [4.78, 5) is 11.8. The lowest BCUT2D eigenvalue weighted by atomic mass is 9.86. The van der Waals surface area contributed by atoms with Crippen LogP contribution in [-0.4, -0.2) is 25.3 Å². The molecule has 2 rings (SSSR count). The SMILES string of the molecule is CC1C=NNC(=O)C1c1ccc(OCCCN)cc1. The van der Waals surface area contributed by atoms with E-state index in [2.05, 4.69) is 10.5 Å². The Kier molecular flexibility index (Phi) is 4.52. The fourth-order valence-electron chi connectivity index (χ4n) is 2.11. The van der Waals surface area contributed by atoms with Crippen molar-refractivity contribution in [2.45, 2.75) is 19.3 Å². The molecule has 5 heteroatoms. The minimum absolute atomic E-state index is 0.0631. The Morgan fingerprint density at radius 2 is 2.11 bits per heavy atom. The first-order valence-electron chi connectivity index (χ1n) is 6.48. The lowest BCUT2D eigenvalue weighted by molar-refractivity contribution is -0.123. The van der Waals surface area contributed by atoms with E-state index in [1.807, 2.05) is 31.2 Å². The van der Waals surface area contributed by atoms with E-state index in [-0.39, 0.29) is 17.7 Å². The van der Waals surface area contributed by atoms with Gasteiger partial charge in [-0.3, -0.25) is 4.79 Å². The van der Waals surface area contributed by atoms with E-state index in [0.717, 1.165) is 17.7 Å². The molecule has 1 amide bonds. The molecule has 1 aliphatic rings. The minimum atomic E-state index is -0.185. The third kappa shape index (κ3) is 3.32. The highest BCUT2D eigenvalue weighted by atomic mass is 16.5. The number of amides is 1. The zero-order chi connectivity index (χ0) is 13.7. The number of carbonyl (C=O) groups is 1. The minimum Gasteiger partial charge on any atom is -0.494 e. The fraction of sp³-hybridized carbons (Fsp3) is 0.429. The van der Waals surface area contributed by atoms with Crippen LogP contribution >= 0.6 is 0 Å². The molecule has 0 bridgehead atoms. The zero-order valence-corrected chi connectivity index (χ0v) is 11.0. The molecule has 2 unspecified atom stereocenters. The van der Waals surface area contributed by atoms with Gasteiger partial charge in [-0.15, -0.1) is 0 Å². The highest BCUT2D eigenvalue weighted by Crippen LogP contribution is 2.27. The smallest absolute Gasteiger partial charge is 0.248 e. The lowest BCUT2D eigenvalue weighted by Gasteiger charge is -2.23. The summed E-state index contributed by atoms with van der Waals surface area (Å²) in [5.41, 5.74) is 8.89. The standard InChI is InChI=1S/C14H19N3O2/c1-10-9-16-17-14(18)13(10)11-3-5-12(6-4-11)19-8-2-7-15/h3-6,9-10,13H,2,7-8,15H2,1H3,(H,17,18). The van der Waals surface area contributed by atoms with E-state index >= 15 is 0 Å². The molecule has 2 atom stereocenters. The van der Waals surface area contributed by atoms with Gasteiger partial charge in [0.2, 0.25) is 5.91 Å². The second kappa shape index (κ2) is 6.33. The summed E-state index contributed by atoms with van der Waals surface area (Å²) in [6.45, 7) is 3.22. The maximum atomic E-state index is 11.8. The van der Waals surface area contributed by atoms with Gasteiger partial charge in [0.05, 0.1) is 12.5 Å². The highest BCUT2D eigenvalue weighted by Gasteiger charge is 2.28. The normalized spacial score (nSPS) is 22.1. The summed E-state index contributed by atoms with van der Waals surface area (Å²) in [6.07, 6.45) is 2.60. The molecular formula is C14H19N3O2. The molecule has 0 saturated carbocycles. The van der Waals surface area contributed by atoms with Gasteiger partial charge in [-0.1, -0.05) is 19.1 Å². The van der Waals surface area contributed by atoms with Crippen LogP contribution in [0.15, 0.2) is 29.4 Å². The molecule has 1 aromatic carbocycles. The van der Waals surface area contributed by atoms with E-state index in [1.54, 1.807) is 6.21 Å². The predicted molar refractivity (Wildman–Crippen MR) is 74.1 cm³/mol. The van der Waals surface area contributed by atoms with Crippen LogP contribution in [0.5, 0.6) is 5.75 Å². The second-order valence-electron chi connectivity index (χ2n) is 4.65. The molecule has 102 valence electrons. The number of ether oxygens (including phenoxy) is 1. The number of rotatable bonds is 5. The van der Waals surface area contributed by atoms with Gasteiger partial charge in [0.25, 0.3) is 0 Å². The summed E-state index contributed by atoms with van der Waals surface area (Å²) >= 11 is 0. The average molecular weight is 261 g/mol. The molecule has 19 heavy (non-hydrogen) atoms. The summed E-state index contributed by atoms with van der Waals surface area (Å²) in [7, 11) is 0. The van der Waals surface area contributed by atoms with Crippen LogP contribution in [0, 0.1) is 5.92 Å². The molecule has 0 fully saturated rings. The first-order chi connectivity index (χ1) is 9.22. The number of hydrogen-bond donors (Lipinski definition) is 2. The number of nitrogens with one attached hydrogen (secondary N) is 1. The molecule has 1 aliphatic heterocycles. The van der Waals surface area contributed by atoms with Crippen LogP contribution in [-0.2, 0) is 4.79 Å². The molecular weight excluding hydrogens is 242 g/mol. The highest BCUT2D eigenvalue weighted by molar-refractivity contribution is 5.90. The molecule has 0 aromatic heterocycles. The molecule has 0 spiro atoms. The Labute approximate surface area is 112 Å². The third-order valence-corrected chi connectivity index (χ3v) is 3.15. The number of nitrogens with two attached hydrogens (primary N) is 1. The van der Waals surface area contributed by atoms with Crippen molar-refractivity contribution in [3.63, 3.8) is 0 Å². The van der Waals surface area contributed by atoms with Gasteiger partial charge in [-0.2, -0.15) is 5.10 Å². The van der Waals surface area contributed by atoms with Gasteiger partial charge in [0.15, 0.2) is 0 Å². The van der Waals surface area contributed by atoms with Gasteiger partial charge in [-0.25, -0.2) is 5.43 Å². The van der Waals surface area contributed by atoms with Crippen LogP contribution in [0.25, 0.3) is 0 Å². The monoisotopic (exact) mass is 261 g/mol. The summed E-state index contributed by atoms with van der Waals surface area (Å²) in [6, 6.07) is 7.63. The Balaban J connectivity index is 2.05. The van der Waals surface area contributed by atoms with Gasteiger partial charge in [-0.05, 0) is 30.7 Å². The quantitative estimate of drug-likeness (QED) is 0.783. The molecule has 1 heterocycles. The van der Waals surface area contributed by atoms with E-state index in [9.17, 15) is 4.79 Å². The maximum absolute atomic E-state index is 11.8. The van der Waals surface area contributed by atoms with Crippen molar-refractivity contribution >= 4 is 12.1 Å². The average Bonchev–Trinajstić information content (AvgIpc) is 2.40. The van der Waals surface area contributed by atoms with Gasteiger partial charge in [0.1, 0.15) is 5.75 Å². The Bertz CT molecular complexity index is 456. The molecule has 3 N–H and O–H groups in total. The van der Waals surface area contributed by atoms with Crippen molar-refractivity contribution in [2.24, 2.45) is 16.8 Å². The van der Waals surface area contributed by atoms with Crippen LogP contribution < -0.4 is 15.9 Å². The summed E-state index contributed by atoms with van der Waals surface area (Å²) in [5.74, 6) is 0.648. The molecule has 1 aromatic rings. The van der Waals surface area contributed by atoms with Crippen molar-refractivity contribution < 1.29 is 9.53 Å². The van der Waals surface area contributed by atoms with Crippen LogP contribution in [0.4, 0.5) is 0 Å². The number of carbonyl (C=O) groups excluding carboxylic acids is 1. The van der Waals surface area contributed by atoms with Gasteiger partial charge in [0, 0.05) is 12.1 Å². The van der Waals surface area contributed by atoms with Crippen LogP contribution in [0.2, 0.25) is 0 Å². The Hall–Kier alpha value is -1.88. The molecule has 0 saturated heterocycles. The van der Waals surface area contributed by atoms with E-state index < -0.39 is 0 Å². The number of hydrogen-bond acceptors (Lipinski definition) is 4. The van der Waals surface area contributed by atoms with Crippen molar-refractivity contribution in [1.29, 1.82) is 0 Å². The topological polar surface area (TPSA) is 76.7 Å². The van der Waals surface area contributed by atoms with E-state index in [4.69, 9.17) is 10.5 Å². The fourth-order valence-corrected chi connectivity index (χ4v) is 2.11. The molecule has 0 radical (unpaired) electrons. The van der Waals surface area contributed by atoms with Crippen LogP contribution in [0.3, 0.4) is 0 Å². The molecule has 0 aliphatic carbocycles. The summed E-state index contributed by atoms with van der Waals surface area (Å²) in [5, 5.41) is 3.82. The maximum Gasteiger partial charge on any atom is 0.248 e. The van der Waals surface area contributed by atoms with Crippen molar-refractivity contribution in [3.05, 3.63) is 29.8 Å². The van der Waals surface area contributed by atoms with Gasteiger partial charge < -0.3 is 10.5 Å². The second-order valence-corrected chi connectivity index (χ2v) is 4.65.